The van der Waals surface area contributed by atoms with Gasteiger partial charge in [-0.05, 0) is 48.0 Å². The van der Waals surface area contributed by atoms with Gasteiger partial charge in [-0.15, -0.1) is 12.6 Å². The topological polar surface area (TPSA) is 61.4 Å². The van der Waals surface area contributed by atoms with Gasteiger partial charge in [0, 0.05) is 20.2 Å². The summed E-state index contributed by atoms with van der Waals surface area (Å²) in [5.41, 5.74) is 3.62. The van der Waals surface area contributed by atoms with Crippen molar-refractivity contribution in [3.05, 3.63) is 120 Å². The number of fused-ring (bicyclic) bond motifs is 1. The molecule has 5 aromatic rings. The SMILES string of the molecule is O=C1C(=Cc2ccccc2S)N=C(c2ccccc2)N1c1nc2ccc(Sc3ccccc3)cc2[nH]1. The maximum Gasteiger partial charge on any atom is 0.285 e. The van der Waals surface area contributed by atoms with Crippen LogP contribution in [0.3, 0.4) is 0 Å². The Morgan fingerprint density at radius 2 is 1.56 bits per heavy atom. The van der Waals surface area contributed by atoms with E-state index in [1.165, 1.54) is 0 Å². The molecule has 1 N–H and O–H groups in total. The standard InChI is InChI=1S/C29H20N4OS2/c34-28-25(17-20-11-7-8-14-26(20)35)30-27(19-9-3-1-4-10-19)33(28)29-31-23-16-15-22(18-24(23)32-29)36-21-12-5-2-6-13-21/h1-18,35H,(H,31,32). The molecule has 36 heavy (non-hydrogen) atoms. The van der Waals surface area contributed by atoms with Gasteiger partial charge in [-0.1, -0.05) is 78.5 Å². The minimum atomic E-state index is -0.247. The Bertz CT molecular complexity index is 1640. The summed E-state index contributed by atoms with van der Waals surface area (Å²) in [7, 11) is 0. The Labute approximate surface area is 218 Å². The first kappa shape index (κ1) is 22.4. The summed E-state index contributed by atoms with van der Waals surface area (Å²) >= 11 is 6.20. The summed E-state index contributed by atoms with van der Waals surface area (Å²) in [6.07, 6.45) is 1.77. The van der Waals surface area contributed by atoms with Gasteiger partial charge in [-0.25, -0.2) is 14.9 Å². The number of amidine groups is 1. The fourth-order valence-corrected chi connectivity index (χ4v) is 5.12. The van der Waals surface area contributed by atoms with Gasteiger partial charge in [-0.3, -0.25) is 4.79 Å². The van der Waals surface area contributed by atoms with Gasteiger partial charge in [0.05, 0.1) is 11.0 Å². The number of benzene rings is 4. The Morgan fingerprint density at radius 1 is 0.833 bits per heavy atom. The molecule has 0 radical (unpaired) electrons. The van der Waals surface area contributed by atoms with E-state index in [-0.39, 0.29) is 5.91 Å². The average molecular weight is 505 g/mol. The molecule has 1 aromatic heterocycles. The predicted molar refractivity (Wildman–Crippen MR) is 149 cm³/mol. The zero-order valence-electron chi connectivity index (χ0n) is 19.0. The molecule has 0 saturated carbocycles. The van der Waals surface area contributed by atoms with Gasteiger partial charge < -0.3 is 4.98 Å². The number of aromatic amines is 1. The molecule has 0 saturated heterocycles. The van der Waals surface area contributed by atoms with Crippen molar-refractivity contribution in [3.63, 3.8) is 0 Å². The molecule has 2 heterocycles. The second kappa shape index (κ2) is 9.53. The van der Waals surface area contributed by atoms with Crippen LogP contribution in [0, 0.1) is 0 Å². The van der Waals surface area contributed by atoms with Crippen molar-refractivity contribution >= 4 is 59.2 Å². The van der Waals surface area contributed by atoms with Crippen molar-refractivity contribution in [3.8, 4) is 0 Å². The van der Waals surface area contributed by atoms with E-state index >= 15 is 0 Å². The van der Waals surface area contributed by atoms with Gasteiger partial charge >= 0.3 is 0 Å². The molecule has 0 unspecified atom stereocenters. The van der Waals surface area contributed by atoms with Gasteiger partial charge in [0.25, 0.3) is 5.91 Å². The van der Waals surface area contributed by atoms with Crippen molar-refractivity contribution in [2.24, 2.45) is 4.99 Å². The number of hydrogen-bond acceptors (Lipinski definition) is 5. The van der Waals surface area contributed by atoms with Gasteiger partial charge in [-0.2, -0.15) is 0 Å². The van der Waals surface area contributed by atoms with Gasteiger partial charge in [0.15, 0.2) is 5.84 Å². The van der Waals surface area contributed by atoms with Crippen LogP contribution in [-0.2, 0) is 4.79 Å². The molecule has 0 atom stereocenters. The molecule has 0 aliphatic carbocycles. The number of nitrogens with one attached hydrogen (secondary N) is 1. The van der Waals surface area contributed by atoms with Crippen molar-refractivity contribution in [2.75, 3.05) is 4.90 Å². The van der Waals surface area contributed by atoms with Crippen LogP contribution in [0.15, 0.2) is 129 Å². The summed E-state index contributed by atoms with van der Waals surface area (Å²) in [5, 5.41) is 0. The van der Waals surface area contributed by atoms with E-state index in [4.69, 9.17) is 9.98 Å². The van der Waals surface area contributed by atoms with Crippen molar-refractivity contribution in [1.29, 1.82) is 0 Å². The first-order valence-corrected chi connectivity index (χ1v) is 12.6. The average Bonchev–Trinajstić information content (AvgIpc) is 3.47. The fourth-order valence-electron chi connectivity index (χ4n) is 4.02. The maximum absolute atomic E-state index is 13.6. The molecule has 0 fully saturated rings. The molecule has 1 aliphatic heterocycles. The maximum atomic E-state index is 13.6. The quantitative estimate of drug-likeness (QED) is 0.204. The molecule has 174 valence electrons. The first-order chi connectivity index (χ1) is 17.7. The van der Waals surface area contributed by atoms with E-state index in [1.54, 1.807) is 22.7 Å². The third-order valence-electron chi connectivity index (χ3n) is 5.75. The van der Waals surface area contributed by atoms with Crippen LogP contribution < -0.4 is 4.90 Å². The lowest BCUT2D eigenvalue weighted by atomic mass is 10.2. The third-order valence-corrected chi connectivity index (χ3v) is 7.16. The van der Waals surface area contributed by atoms with E-state index in [0.29, 0.717) is 17.5 Å². The van der Waals surface area contributed by atoms with Crippen LogP contribution in [0.1, 0.15) is 11.1 Å². The molecule has 7 heteroatoms. The van der Waals surface area contributed by atoms with E-state index in [2.05, 4.69) is 35.8 Å². The number of H-pyrrole nitrogens is 1. The monoisotopic (exact) mass is 504 g/mol. The molecule has 1 aliphatic rings. The lowest BCUT2D eigenvalue weighted by molar-refractivity contribution is -0.113. The van der Waals surface area contributed by atoms with Crippen molar-refractivity contribution in [1.82, 2.24) is 9.97 Å². The highest BCUT2D eigenvalue weighted by molar-refractivity contribution is 7.99. The number of imidazole rings is 1. The Kier molecular flexibility index (Phi) is 5.93. The Hall–Kier alpha value is -4.07. The molecule has 6 rings (SSSR count). The van der Waals surface area contributed by atoms with Gasteiger partial charge in [0.2, 0.25) is 5.95 Å². The lowest BCUT2D eigenvalue weighted by Gasteiger charge is -2.15. The minimum absolute atomic E-state index is 0.247. The highest BCUT2D eigenvalue weighted by atomic mass is 32.2. The number of aromatic nitrogens is 2. The Balaban J connectivity index is 1.40. The van der Waals surface area contributed by atoms with Crippen LogP contribution in [-0.4, -0.2) is 21.7 Å². The smallest absolute Gasteiger partial charge is 0.285 e. The van der Waals surface area contributed by atoms with Crippen LogP contribution >= 0.6 is 24.4 Å². The molecule has 4 aromatic carbocycles. The van der Waals surface area contributed by atoms with Crippen molar-refractivity contribution in [2.45, 2.75) is 14.7 Å². The van der Waals surface area contributed by atoms with E-state index in [9.17, 15) is 4.79 Å². The molecule has 0 spiro atoms. The largest absolute Gasteiger partial charge is 0.323 e. The van der Waals surface area contributed by atoms with Crippen LogP contribution in [0.5, 0.6) is 0 Å². The molecule has 5 nitrogen and oxygen atoms in total. The summed E-state index contributed by atoms with van der Waals surface area (Å²) in [6.45, 7) is 0. The lowest BCUT2D eigenvalue weighted by Crippen LogP contribution is -2.33. The van der Waals surface area contributed by atoms with Crippen LogP contribution in [0.2, 0.25) is 0 Å². The number of amides is 1. The highest BCUT2D eigenvalue weighted by Crippen LogP contribution is 2.32. The summed E-state index contributed by atoms with van der Waals surface area (Å²) in [4.78, 5) is 31.0. The zero-order chi connectivity index (χ0) is 24.5. The number of rotatable bonds is 5. The summed E-state index contributed by atoms with van der Waals surface area (Å²) in [6, 6.07) is 33.6. The number of aliphatic imine (C=N–C) groups is 1. The number of nitrogens with zero attached hydrogens (tertiary/aromatic N) is 3. The fraction of sp³-hybridized carbons (Fsp3) is 0. The molecular weight excluding hydrogens is 484 g/mol. The minimum Gasteiger partial charge on any atom is -0.323 e. The summed E-state index contributed by atoms with van der Waals surface area (Å²) < 4.78 is 0. The number of anilines is 1. The molecular formula is C29H20N4OS2. The number of carbonyl (C=O) groups is 1. The van der Waals surface area contributed by atoms with E-state index in [1.807, 2.05) is 84.9 Å². The summed E-state index contributed by atoms with van der Waals surface area (Å²) in [5.74, 6) is 0.715. The van der Waals surface area contributed by atoms with E-state index < -0.39 is 0 Å². The van der Waals surface area contributed by atoms with Gasteiger partial charge in [0.1, 0.15) is 5.70 Å². The van der Waals surface area contributed by atoms with E-state index in [0.717, 1.165) is 36.8 Å². The van der Waals surface area contributed by atoms with Crippen LogP contribution in [0.4, 0.5) is 5.95 Å². The second-order valence-corrected chi connectivity index (χ2v) is 9.81. The molecule has 1 amide bonds. The molecule has 0 bridgehead atoms. The zero-order valence-corrected chi connectivity index (χ0v) is 20.7. The van der Waals surface area contributed by atoms with Crippen molar-refractivity contribution < 1.29 is 4.79 Å². The van der Waals surface area contributed by atoms with Crippen LogP contribution in [0.25, 0.3) is 17.1 Å². The normalized spacial score (nSPS) is 14.6. The first-order valence-electron chi connectivity index (χ1n) is 11.4. The number of thiol groups is 1. The number of carbonyl (C=O) groups excluding carboxylic acids is 1. The Morgan fingerprint density at radius 3 is 2.33 bits per heavy atom. The second-order valence-electron chi connectivity index (χ2n) is 8.18. The number of hydrogen-bond donors (Lipinski definition) is 2. The predicted octanol–water partition coefficient (Wildman–Crippen LogP) is 6.84. The highest BCUT2D eigenvalue weighted by Gasteiger charge is 2.34. The third kappa shape index (κ3) is 4.34.